The highest BCUT2D eigenvalue weighted by Gasteiger charge is 2.19. The fourth-order valence-electron chi connectivity index (χ4n) is 2.89. The molecule has 0 bridgehead atoms. The van der Waals surface area contributed by atoms with Gasteiger partial charge in [0.25, 0.3) is 22.2 Å². The molecule has 0 unspecified atom stereocenters. The third kappa shape index (κ3) is 2.61. The number of carboxylic acid groups (broad SMARTS) is 2. The van der Waals surface area contributed by atoms with Crippen LogP contribution in [0.5, 0.6) is 0 Å². The van der Waals surface area contributed by atoms with E-state index in [1.807, 2.05) is 0 Å². The lowest BCUT2D eigenvalue weighted by atomic mass is 10.1. The van der Waals surface area contributed by atoms with Crippen LogP contribution in [-0.4, -0.2) is 21.1 Å². The van der Waals surface area contributed by atoms with Gasteiger partial charge in [-0.3, -0.25) is 28.3 Å². The first-order valence-corrected chi connectivity index (χ1v) is 7.52. The molecule has 134 valence electrons. The summed E-state index contributed by atoms with van der Waals surface area (Å²) >= 11 is 0. The van der Waals surface area contributed by atoms with E-state index in [-0.39, 0.29) is 34.6 Å². The Morgan fingerprint density at radius 3 is 1.15 bits per heavy atom. The summed E-state index contributed by atoms with van der Waals surface area (Å²) < 4.78 is 1.41. The quantitative estimate of drug-likeness (QED) is 0.434. The molecule has 26 heavy (non-hydrogen) atoms. The fraction of sp³-hybridized carbons (Fsp3) is 0.250. The second-order valence-electron chi connectivity index (χ2n) is 5.71. The summed E-state index contributed by atoms with van der Waals surface area (Å²) in [6.07, 6.45) is -1.08. The van der Waals surface area contributed by atoms with Gasteiger partial charge >= 0.3 is 0 Å². The number of hydrogen-bond acceptors (Lipinski definition) is 8. The average Bonchev–Trinajstić information content (AvgIpc) is 2.95. The molecule has 2 heterocycles. The summed E-state index contributed by atoms with van der Waals surface area (Å²) in [6.45, 7) is -0.780. The number of carboxylic acids is 2. The van der Waals surface area contributed by atoms with Crippen molar-refractivity contribution in [2.45, 2.75) is 25.9 Å². The van der Waals surface area contributed by atoms with E-state index in [9.17, 15) is 39.0 Å². The molecule has 10 nitrogen and oxygen atoms in total. The maximum absolute atomic E-state index is 12.3. The molecule has 0 amide bonds. The molecule has 0 saturated carbocycles. The largest absolute Gasteiger partial charge is 0.550 e. The maximum Gasteiger partial charge on any atom is 0.261 e. The van der Waals surface area contributed by atoms with Crippen LogP contribution in [0, 0.1) is 0 Å². The van der Waals surface area contributed by atoms with E-state index in [2.05, 4.69) is 0 Å². The van der Waals surface area contributed by atoms with Crippen molar-refractivity contribution in [2.24, 2.45) is 0 Å². The van der Waals surface area contributed by atoms with Crippen LogP contribution in [0.15, 0.2) is 31.3 Å². The van der Waals surface area contributed by atoms with Crippen molar-refractivity contribution in [1.29, 1.82) is 0 Å². The van der Waals surface area contributed by atoms with Gasteiger partial charge < -0.3 is 19.8 Å². The van der Waals surface area contributed by atoms with Gasteiger partial charge in [0.15, 0.2) is 0 Å². The van der Waals surface area contributed by atoms with Crippen molar-refractivity contribution in [3.8, 4) is 0 Å². The molecule has 3 rings (SSSR count). The number of hydrogen-bond donors (Lipinski definition) is 0. The van der Waals surface area contributed by atoms with Crippen molar-refractivity contribution in [1.82, 2.24) is 9.13 Å². The Labute approximate surface area is 142 Å². The van der Waals surface area contributed by atoms with Gasteiger partial charge in [-0.2, -0.15) is 0 Å². The summed E-state index contributed by atoms with van der Waals surface area (Å²) in [5.41, 5.74) is -3.10. The van der Waals surface area contributed by atoms with Crippen molar-refractivity contribution in [3.63, 3.8) is 0 Å². The van der Waals surface area contributed by atoms with Crippen molar-refractivity contribution < 1.29 is 19.8 Å². The smallest absolute Gasteiger partial charge is 0.261 e. The van der Waals surface area contributed by atoms with Crippen LogP contribution in [-0.2, 0) is 22.7 Å². The molecular formula is C16H10N2O8-2. The molecule has 0 radical (unpaired) electrons. The van der Waals surface area contributed by atoms with E-state index in [1.54, 1.807) is 0 Å². The lowest BCUT2D eigenvalue weighted by Gasteiger charge is -2.00. The first-order valence-electron chi connectivity index (χ1n) is 7.52. The third-order valence-electron chi connectivity index (χ3n) is 4.14. The van der Waals surface area contributed by atoms with Gasteiger partial charge in [0.05, 0.1) is 21.5 Å². The lowest BCUT2D eigenvalue weighted by molar-refractivity contribution is -0.307. The number of carbonyl (C=O) groups is 2. The Morgan fingerprint density at radius 2 is 0.923 bits per heavy atom. The molecule has 0 aliphatic heterocycles. The van der Waals surface area contributed by atoms with Crippen LogP contribution in [0.4, 0.5) is 0 Å². The van der Waals surface area contributed by atoms with Crippen LogP contribution in [0.3, 0.4) is 0 Å². The third-order valence-corrected chi connectivity index (χ3v) is 4.14. The predicted octanol–water partition coefficient (Wildman–Crippen LogP) is -3.81. The molecule has 0 atom stereocenters. The molecular weight excluding hydrogens is 348 g/mol. The van der Waals surface area contributed by atoms with Gasteiger partial charge in [-0.15, -0.1) is 0 Å². The van der Waals surface area contributed by atoms with E-state index in [4.69, 9.17) is 0 Å². The zero-order chi connectivity index (χ0) is 19.2. The minimum absolute atomic E-state index is 0.116. The van der Waals surface area contributed by atoms with E-state index in [0.29, 0.717) is 9.13 Å². The van der Waals surface area contributed by atoms with Gasteiger partial charge in [-0.25, -0.2) is 0 Å². The van der Waals surface area contributed by atoms with E-state index >= 15 is 0 Å². The molecule has 0 fully saturated rings. The number of aliphatic carboxylic acids is 2. The molecule has 2 aromatic heterocycles. The zero-order valence-corrected chi connectivity index (χ0v) is 13.1. The average molecular weight is 358 g/mol. The van der Waals surface area contributed by atoms with Gasteiger partial charge in [-0.1, -0.05) is 0 Å². The molecule has 0 aliphatic carbocycles. The molecule has 0 N–H and O–H groups in total. The highest BCUT2D eigenvalue weighted by Crippen LogP contribution is 2.14. The molecule has 0 aliphatic rings. The Balaban J connectivity index is 2.24. The number of nitrogens with zero attached hydrogens (tertiary/aromatic N) is 2. The lowest BCUT2D eigenvalue weighted by Crippen LogP contribution is -2.31. The van der Waals surface area contributed by atoms with Crippen LogP contribution in [0.25, 0.3) is 21.5 Å². The second kappa shape index (κ2) is 6.06. The highest BCUT2D eigenvalue weighted by atomic mass is 16.4. The Kier molecular flexibility index (Phi) is 4.03. The summed E-state index contributed by atoms with van der Waals surface area (Å²) in [7, 11) is 0. The number of benzene rings is 1. The molecule has 0 spiro atoms. The minimum Gasteiger partial charge on any atom is -0.550 e. The first-order chi connectivity index (χ1) is 12.2. The van der Waals surface area contributed by atoms with Crippen LogP contribution in [0.2, 0.25) is 0 Å². The number of aromatic nitrogens is 2. The Bertz CT molecular complexity index is 1100. The Morgan fingerprint density at radius 1 is 0.654 bits per heavy atom. The topological polar surface area (TPSA) is 158 Å². The van der Waals surface area contributed by atoms with E-state index in [1.165, 1.54) is 0 Å². The minimum atomic E-state index is -1.43. The van der Waals surface area contributed by atoms with Crippen LogP contribution in [0.1, 0.15) is 12.8 Å². The number of rotatable bonds is 6. The zero-order valence-electron chi connectivity index (χ0n) is 13.1. The second-order valence-corrected chi connectivity index (χ2v) is 5.71. The van der Waals surface area contributed by atoms with Gasteiger partial charge in [-0.05, 0) is 12.1 Å². The van der Waals surface area contributed by atoms with E-state index < -0.39 is 47.0 Å². The maximum atomic E-state index is 12.3. The predicted molar refractivity (Wildman–Crippen MR) is 84.1 cm³/mol. The van der Waals surface area contributed by atoms with Gasteiger partial charge in [0.2, 0.25) is 0 Å². The summed E-state index contributed by atoms with van der Waals surface area (Å²) in [6, 6.07) is 2.20. The van der Waals surface area contributed by atoms with Crippen LogP contribution >= 0.6 is 0 Å². The van der Waals surface area contributed by atoms with Crippen LogP contribution < -0.4 is 32.5 Å². The normalized spacial score (nSPS) is 11.4. The van der Waals surface area contributed by atoms with Crippen molar-refractivity contribution in [3.05, 3.63) is 53.5 Å². The number of carbonyl (C=O) groups excluding carboxylic acids is 2. The highest BCUT2D eigenvalue weighted by molar-refractivity contribution is 5.97. The molecule has 3 aromatic rings. The van der Waals surface area contributed by atoms with Gasteiger partial charge in [0.1, 0.15) is 0 Å². The monoisotopic (exact) mass is 358 g/mol. The SMILES string of the molecule is O=C([O-])CCn1c(=O)c2cc3c(=O)n(CCC(=O)[O-])c(=O)c3cc2c1=O. The standard InChI is InChI=1S/C16H12N2O8/c19-11(20)1-3-17-13(23)7-5-9-10(6-8(7)14(17)24)16(26)18(15(9)25)4-2-12(21)22/h5-6H,1-4H2,(H,19,20)(H,21,22)/p-2. The molecule has 10 heteroatoms. The van der Waals surface area contributed by atoms with Crippen molar-refractivity contribution >= 4 is 33.5 Å². The van der Waals surface area contributed by atoms with Crippen molar-refractivity contribution in [2.75, 3.05) is 0 Å². The summed E-state index contributed by atoms with van der Waals surface area (Å²) in [5.74, 6) is -2.86. The molecule has 1 aromatic carbocycles. The number of fused-ring (bicyclic) bond motifs is 2. The summed E-state index contributed by atoms with van der Waals surface area (Å²) in [5, 5.41) is 20.6. The molecule has 0 saturated heterocycles. The van der Waals surface area contributed by atoms with E-state index in [0.717, 1.165) is 12.1 Å². The summed E-state index contributed by atoms with van der Waals surface area (Å²) in [4.78, 5) is 70.3. The first kappa shape index (κ1) is 17.3. The fourth-order valence-corrected chi connectivity index (χ4v) is 2.89. The van der Waals surface area contributed by atoms with Gasteiger partial charge in [0, 0.05) is 37.9 Å². The Hall–Kier alpha value is -3.56.